The minimum absolute atomic E-state index is 0.0579. The zero-order chi connectivity index (χ0) is 13.2. The van der Waals surface area contributed by atoms with Gasteiger partial charge in [0.05, 0.1) is 17.3 Å². The van der Waals surface area contributed by atoms with Crippen LogP contribution in [0.4, 0.5) is 0 Å². The number of rotatable bonds is 3. The minimum atomic E-state index is -0.302. The lowest BCUT2D eigenvalue weighted by atomic mass is 10.1. The van der Waals surface area contributed by atoms with Gasteiger partial charge in [0.25, 0.3) is 0 Å². The summed E-state index contributed by atoms with van der Waals surface area (Å²) >= 11 is 3.95. The molecule has 6 heteroatoms. The van der Waals surface area contributed by atoms with Crippen molar-refractivity contribution in [3.63, 3.8) is 0 Å². The molecule has 1 N–H and O–H groups in total. The van der Waals surface area contributed by atoms with E-state index in [9.17, 15) is 5.11 Å². The number of aliphatic hydroxyl groups excluding tert-OH is 1. The van der Waals surface area contributed by atoms with Gasteiger partial charge in [-0.05, 0) is 25.7 Å². The van der Waals surface area contributed by atoms with E-state index in [1.54, 1.807) is 0 Å². The van der Waals surface area contributed by atoms with Crippen molar-refractivity contribution in [3.05, 3.63) is 11.7 Å². The van der Waals surface area contributed by atoms with Crippen LogP contribution in [0.2, 0.25) is 0 Å². The molecule has 106 valence electrons. The Bertz CT molecular complexity index is 427. The Labute approximate surface area is 122 Å². The van der Waals surface area contributed by atoms with Gasteiger partial charge in [0.2, 0.25) is 5.89 Å². The number of hydrogen-bond donors (Lipinski definition) is 1. The quantitative estimate of drug-likeness (QED) is 0.926. The summed E-state index contributed by atoms with van der Waals surface area (Å²) in [5.41, 5.74) is 0. The Balaban J connectivity index is 1.76. The van der Waals surface area contributed by atoms with Crippen LogP contribution < -0.4 is 0 Å². The summed E-state index contributed by atoms with van der Waals surface area (Å²) in [4.78, 5) is 4.59. The molecule has 3 rings (SSSR count). The fourth-order valence-corrected chi connectivity index (χ4v) is 5.87. The number of aromatic nitrogens is 2. The van der Waals surface area contributed by atoms with Gasteiger partial charge in [0.1, 0.15) is 0 Å². The first-order chi connectivity index (χ1) is 9.29. The molecule has 0 amide bonds. The molecule has 1 saturated heterocycles. The second-order valence-electron chi connectivity index (χ2n) is 5.20. The maximum Gasteiger partial charge on any atom is 0.232 e. The van der Waals surface area contributed by atoms with E-state index in [1.807, 2.05) is 23.5 Å². The summed E-state index contributed by atoms with van der Waals surface area (Å²) in [5.74, 6) is 3.90. The predicted octanol–water partition coefficient (Wildman–Crippen LogP) is 3.00. The van der Waals surface area contributed by atoms with Gasteiger partial charge in [-0.2, -0.15) is 16.7 Å². The van der Waals surface area contributed by atoms with E-state index in [1.165, 1.54) is 5.75 Å². The third kappa shape index (κ3) is 2.81. The monoisotopic (exact) mass is 300 g/mol. The largest absolute Gasteiger partial charge is 0.392 e. The lowest BCUT2D eigenvalue weighted by molar-refractivity contribution is 0.148. The topological polar surface area (TPSA) is 59.2 Å². The zero-order valence-corrected chi connectivity index (χ0v) is 12.8. The molecule has 1 aliphatic carbocycles. The van der Waals surface area contributed by atoms with Crippen molar-refractivity contribution in [1.82, 2.24) is 10.1 Å². The fraction of sp³-hybridized carbons (Fsp3) is 0.846. The number of hydrogen-bond acceptors (Lipinski definition) is 6. The van der Waals surface area contributed by atoms with Crippen molar-refractivity contribution in [2.45, 2.75) is 55.1 Å². The summed E-state index contributed by atoms with van der Waals surface area (Å²) in [5, 5.41) is 15.0. The molecule has 1 aliphatic heterocycles. The van der Waals surface area contributed by atoms with Gasteiger partial charge in [0, 0.05) is 16.8 Å². The van der Waals surface area contributed by atoms with Gasteiger partial charge < -0.3 is 9.63 Å². The first-order valence-electron chi connectivity index (χ1n) is 7.04. The van der Waals surface area contributed by atoms with Crippen molar-refractivity contribution >= 4 is 23.5 Å². The Morgan fingerprint density at radius 1 is 1.32 bits per heavy atom. The highest BCUT2D eigenvalue weighted by molar-refractivity contribution is 8.06. The van der Waals surface area contributed by atoms with Crippen LogP contribution in [0.3, 0.4) is 0 Å². The molecule has 19 heavy (non-hydrogen) atoms. The van der Waals surface area contributed by atoms with Crippen LogP contribution in [0.1, 0.15) is 55.5 Å². The Morgan fingerprint density at radius 3 is 2.89 bits per heavy atom. The lowest BCUT2D eigenvalue weighted by Crippen LogP contribution is -2.19. The Morgan fingerprint density at radius 2 is 2.16 bits per heavy atom. The van der Waals surface area contributed by atoms with Crippen LogP contribution in [-0.2, 0) is 0 Å². The molecule has 0 radical (unpaired) electrons. The van der Waals surface area contributed by atoms with Gasteiger partial charge in [-0.15, -0.1) is 11.8 Å². The van der Waals surface area contributed by atoms with E-state index < -0.39 is 0 Å². The maximum absolute atomic E-state index is 9.92. The molecule has 4 nitrogen and oxygen atoms in total. The molecule has 4 atom stereocenters. The van der Waals surface area contributed by atoms with Crippen molar-refractivity contribution in [2.75, 3.05) is 11.5 Å². The van der Waals surface area contributed by atoms with E-state index in [-0.39, 0.29) is 12.0 Å². The lowest BCUT2D eigenvalue weighted by Gasteiger charge is -2.27. The van der Waals surface area contributed by atoms with Crippen LogP contribution >= 0.6 is 23.5 Å². The van der Waals surface area contributed by atoms with Crippen LogP contribution in [0.15, 0.2) is 4.52 Å². The summed E-state index contributed by atoms with van der Waals surface area (Å²) in [6.45, 7) is 2.22. The molecular weight excluding hydrogens is 280 g/mol. The van der Waals surface area contributed by atoms with Gasteiger partial charge in [-0.25, -0.2) is 0 Å². The molecule has 1 aromatic rings. The first-order valence-corrected chi connectivity index (χ1v) is 9.14. The van der Waals surface area contributed by atoms with Crippen LogP contribution in [-0.4, -0.2) is 38.1 Å². The van der Waals surface area contributed by atoms with E-state index in [0.717, 1.165) is 37.3 Å². The normalized spacial score (nSPS) is 35.7. The predicted molar refractivity (Wildman–Crippen MR) is 78.6 cm³/mol. The average Bonchev–Trinajstić information content (AvgIpc) is 3.07. The van der Waals surface area contributed by atoms with Gasteiger partial charge >= 0.3 is 0 Å². The van der Waals surface area contributed by atoms with E-state index in [4.69, 9.17) is 4.52 Å². The Kier molecular flexibility index (Phi) is 4.39. The van der Waals surface area contributed by atoms with Gasteiger partial charge in [0.15, 0.2) is 5.82 Å². The smallest absolute Gasteiger partial charge is 0.232 e. The summed E-state index contributed by atoms with van der Waals surface area (Å²) in [6.07, 6.45) is 3.71. The summed E-state index contributed by atoms with van der Waals surface area (Å²) < 4.78 is 5.42. The summed E-state index contributed by atoms with van der Waals surface area (Å²) in [6, 6.07) is 0. The molecule has 0 bridgehead atoms. The third-order valence-electron chi connectivity index (χ3n) is 3.96. The zero-order valence-electron chi connectivity index (χ0n) is 11.1. The molecule has 0 spiro atoms. The maximum atomic E-state index is 9.92. The molecule has 4 unspecified atom stereocenters. The number of thioether (sulfide) groups is 2. The van der Waals surface area contributed by atoms with Crippen molar-refractivity contribution < 1.29 is 9.63 Å². The highest BCUT2D eigenvalue weighted by Gasteiger charge is 2.34. The van der Waals surface area contributed by atoms with Crippen molar-refractivity contribution in [2.24, 2.45) is 0 Å². The van der Waals surface area contributed by atoms with Crippen molar-refractivity contribution in [1.29, 1.82) is 0 Å². The molecule has 0 aromatic carbocycles. The van der Waals surface area contributed by atoms with Gasteiger partial charge in [-0.3, -0.25) is 0 Å². The molecular formula is C13H20N2O2S2. The van der Waals surface area contributed by atoms with Crippen LogP contribution in [0.25, 0.3) is 0 Å². The SMILES string of the molecule is CCC1SCCSC1c1noc(C2CCCC2O)n1. The van der Waals surface area contributed by atoms with E-state index in [2.05, 4.69) is 17.1 Å². The third-order valence-corrected chi connectivity index (χ3v) is 7.20. The second-order valence-corrected chi connectivity index (χ2v) is 7.80. The second kappa shape index (κ2) is 6.06. The molecule has 1 saturated carbocycles. The molecule has 1 aromatic heterocycles. The molecule has 2 fully saturated rings. The molecule has 2 aliphatic rings. The fourth-order valence-electron chi connectivity index (χ4n) is 2.88. The minimum Gasteiger partial charge on any atom is -0.392 e. The van der Waals surface area contributed by atoms with Crippen LogP contribution in [0.5, 0.6) is 0 Å². The Hall–Kier alpha value is -0.200. The highest BCUT2D eigenvalue weighted by atomic mass is 32.2. The average molecular weight is 300 g/mol. The van der Waals surface area contributed by atoms with E-state index in [0.29, 0.717) is 16.4 Å². The number of aliphatic hydroxyl groups is 1. The van der Waals surface area contributed by atoms with E-state index >= 15 is 0 Å². The van der Waals surface area contributed by atoms with Crippen LogP contribution in [0, 0.1) is 0 Å². The molecule has 2 heterocycles. The number of nitrogens with zero attached hydrogens (tertiary/aromatic N) is 2. The van der Waals surface area contributed by atoms with Crippen molar-refractivity contribution in [3.8, 4) is 0 Å². The standard InChI is InChI=1S/C13H20N2O2S2/c1-2-10-11(19-7-6-18-10)12-14-13(17-15-12)8-4-3-5-9(8)16/h8-11,16H,2-7H2,1H3. The summed E-state index contributed by atoms with van der Waals surface area (Å²) in [7, 11) is 0. The van der Waals surface area contributed by atoms with Gasteiger partial charge in [-0.1, -0.05) is 12.1 Å². The highest BCUT2D eigenvalue weighted by Crippen LogP contribution is 2.43. The first kappa shape index (κ1) is 13.8.